The van der Waals surface area contributed by atoms with Gasteiger partial charge in [-0.25, -0.2) is 0 Å². The average molecular weight is 247 g/mol. The van der Waals surface area contributed by atoms with Gasteiger partial charge in [-0.05, 0) is 44.7 Å². The molecule has 18 heavy (non-hydrogen) atoms. The number of anilines is 1. The van der Waals surface area contributed by atoms with Gasteiger partial charge in [0, 0.05) is 30.4 Å². The second kappa shape index (κ2) is 6.01. The first kappa shape index (κ1) is 13.1. The number of aliphatic hydroxyl groups is 1. The molecule has 1 aromatic rings. The second-order valence-corrected chi connectivity index (χ2v) is 4.93. The number of carbonyl (C=O) groups is 1. The average Bonchev–Trinajstić information content (AvgIpc) is 2.32. The van der Waals surface area contributed by atoms with E-state index in [9.17, 15) is 4.79 Å². The number of aliphatic hydroxyl groups excluding tert-OH is 1. The molecule has 0 saturated heterocycles. The van der Waals surface area contributed by atoms with Gasteiger partial charge in [-0.1, -0.05) is 12.1 Å². The van der Waals surface area contributed by atoms with Crippen molar-refractivity contribution in [1.82, 2.24) is 0 Å². The Morgan fingerprint density at radius 3 is 2.67 bits per heavy atom. The molecule has 0 aromatic heterocycles. The molecule has 1 fully saturated rings. The van der Waals surface area contributed by atoms with Crippen LogP contribution in [0.4, 0.5) is 5.69 Å². The molecular weight excluding hydrogens is 226 g/mol. The molecule has 0 bridgehead atoms. The molecule has 1 aliphatic rings. The zero-order valence-electron chi connectivity index (χ0n) is 10.9. The summed E-state index contributed by atoms with van der Waals surface area (Å²) in [6.07, 6.45) is 4.40. The molecule has 1 saturated carbocycles. The molecule has 0 amide bonds. The number of nitrogens with zero attached hydrogens (tertiary/aromatic N) is 1. The maximum Gasteiger partial charge on any atom is 0.161 e. The Hall–Kier alpha value is -1.35. The van der Waals surface area contributed by atoms with E-state index < -0.39 is 0 Å². The highest BCUT2D eigenvalue weighted by atomic mass is 16.3. The number of rotatable bonds is 6. The Balaban J connectivity index is 2.25. The Morgan fingerprint density at radius 2 is 2.11 bits per heavy atom. The summed E-state index contributed by atoms with van der Waals surface area (Å²) in [4.78, 5) is 14.0. The predicted octanol–water partition coefficient (Wildman–Crippen LogP) is 2.63. The molecule has 0 radical (unpaired) electrons. The largest absolute Gasteiger partial charge is 0.396 e. The fourth-order valence-corrected chi connectivity index (χ4v) is 2.46. The van der Waals surface area contributed by atoms with Crippen LogP contribution < -0.4 is 4.90 Å². The van der Waals surface area contributed by atoms with E-state index >= 15 is 0 Å². The summed E-state index contributed by atoms with van der Waals surface area (Å²) < 4.78 is 0. The van der Waals surface area contributed by atoms with Gasteiger partial charge in [0.25, 0.3) is 0 Å². The number of para-hydroxylation sites is 1. The van der Waals surface area contributed by atoms with E-state index in [1.807, 2.05) is 24.3 Å². The minimum absolute atomic E-state index is 0.110. The van der Waals surface area contributed by atoms with E-state index in [-0.39, 0.29) is 12.4 Å². The van der Waals surface area contributed by atoms with Crippen molar-refractivity contribution < 1.29 is 9.90 Å². The van der Waals surface area contributed by atoms with Gasteiger partial charge in [-0.3, -0.25) is 4.79 Å². The van der Waals surface area contributed by atoms with Gasteiger partial charge in [0.15, 0.2) is 5.78 Å². The van der Waals surface area contributed by atoms with Gasteiger partial charge in [-0.2, -0.15) is 0 Å². The van der Waals surface area contributed by atoms with Crippen LogP contribution in [-0.4, -0.2) is 30.1 Å². The normalized spacial score (nSPS) is 15.2. The quantitative estimate of drug-likeness (QED) is 0.786. The first-order valence-corrected chi connectivity index (χ1v) is 6.71. The summed E-state index contributed by atoms with van der Waals surface area (Å²) in [5, 5.41) is 9.02. The van der Waals surface area contributed by atoms with Gasteiger partial charge in [0.2, 0.25) is 0 Å². The maximum atomic E-state index is 11.7. The van der Waals surface area contributed by atoms with E-state index in [2.05, 4.69) is 4.90 Å². The van der Waals surface area contributed by atoms with Crippen LogP contribution in [0.25, 0.3) is 0 Å². The Kier molecular flexibility index (Phi) is 4.37. The molecule has 1 aliphatic carbocycles. The van der Waals surface area contributed by atoms with Crippen LogP contribution in [0.5, 0.6) is 0 Å². The first-order valence-electron chi connectivity index (χ1n) is 6.71. The van der Waals surface area contributed by atoms with Gasteiger partial charge in [-0.15, -0.1) is 0 Å². The Morgan fingerprint density at radius 1 is 1.39 bits per heavy atom. The molecule has 98 valence electrons. The third-order valence-electron chi connectivity index (χ3n) is 3.67. The zero-order chi connectivity index (χ0) is 13.0. The van der Waals surface area contributed by atoms with Gasteiger partial charge in [0.1, 0.15) is 0 Å². The summed E-state index contributed by atoms with van der Waals surface area (Å²) >= 11 is 0. The number of Topliss-reactive ketones (excluding diaryl/α,β-unsaturated/α-hetero) is 1. The molecule has 0 unspecified atom stereocenters. The van der Waals surface area contributed by atoms with Crippen LogP contribution in [0.1, 0.15) is 43.0 Å². The molecule has 3 heteroatoms. The predicted molar refractivity (Wildman–Crippen MR) is 73.1 cm³/mol. The number of ketones is 1. The van der Waals surface area contributed by atoms with Crippen molar-refractivity contribution in [2.75, 3.05) is 18.1 Å². The van der Waals surface area contributed by atoms with E-state index in [1.54, 1.807) is 6.92 Å². The highest BCUT2D eigenvalue weighted by molar-refractivity contribution is 5.99. The number of benzene rings is 1. The minimum atomic E-state index is 0.110. The van der Waals surface area contributed by atoms with Crippen LogP contribution in [0, 0.1) is 0 Å². The molecule has 2 rings (SSSR count). The van der Waals surface area contributed by atoms with E-state index in [0.717, 1.165) is 24.2 Å². The fraction of sp³-hybridized carbons (Fsp3) is 0.533. The van der Waals surface area contributed by atoms with Crippen LogP contribution in [0.3, 0.4) is 0 Å². The number of carbonyl (C=O) groups excluding carboxylic acids is 1. The Labute approximate surface area is 108 Å². The van der Waals surface area contributed by atoms with Crippen molar-refractivity contribution in [3.8, 4) is 0 Å². The Bertz CT molecular complexity index is 413. The fourth-order valence-electron chi connectivity index (χ4n) is 2.46. The smallest absolute Gasteiger partial charge is 0.161 e. The monoisotopic (exact) mass is 247 g/mol. The van der Waals surface area contributed by atoms with E-state index in [0.29, 0.717) is 6.04 Å². The zero-order valence-corrected chi connectivity index (χ0v) is 10.9. The summed E-state index contributed by atoms with van der Waals surface area (Å²) in [6.45, 7) is 2.64. The second-order valence-electron chi connectivity index (χ2n) is 4.93. The van der Waals surface area contributed by atoms with Crippen molar-refractivity contribution in [1.29, 1.82) is 0 Å². The van der Waals surface area contributed by atoms with Gasteiger partial charge < -0.3 is 10.0 Å². The molecule has 1 N–H and O–H groups in total. The van der Waals surface area contributed by atoms with Crippen molar-refractivity contribution in [3.05, 3.63) is 29.8 Å². The van der Waals surface area contributed by atoms with Gasteiger partial charge >= 0.3 is 0 Å². The highest BCUT2D eigenvalue weighted by Gasteiger charge is 2.26. The molecule has 0 spiro atoms. The van der Waals surface area contributed by atoms with Crippen molar-refractivity contribution in [2.24, 2.45) is 0 Å². The lowest BCUT2D eigenvalue weighted by Gasteiger charge is -2.40. The van der Waals surface area contributed by atoms with Crippen LogP contribution in [0.15, 0.2) is 24.3 Å². The highest BCUT2D eigenvalue weighted by Crippen LogP contribution is 2.31. The van der Waals surface area contributed by atoms with E-state index in [1.165, 1.54) is 19.3 Å². The SMILES string of the molecule is CC(=O)c1ccccc1N(CCCO)C1CCC1. The lowest BCUT2D eigenvalue weighted by atomic mass is 9.90. The standard InChI is InChI=1S/C15H21NO2/c1-12(18)14-8-2-3-9-15(14)16(10-5-11-17)13-6-4-7-13/h2-3,8-9,13,17H,4-7,10-11H2,1H3. The van der Waals surface area contributed by atoms with Crippen LogP contribution in [0.2, 0.25) is 0 Å². The third kappa shape index (κ3) is 2.72. The molecular formula is C15H21NO2. The first-order chi connectivity index (χ1) is 8.74. The molecule has 0 aliphatic heterocycles. The molecule has 0 atom stereocenters. The lowest BCUT2D eigenvalue weighted by Crippen LogP contribution is -2.41. The van der Waals surface area contributed by atoms with Crippen molar-refractivity contribution >= 4 is 11.5 Å². The van der Waals surface area contributed by atoms with Gasteiger partial charge in [0.05, 0.1) is 0 Å². The number of hydrogen-bond donors (Lipinski definition) is 1. The minimum Gasteiger partial charge on any atom is -0.396 e. The van der Waals surface area contributed by atoms with Crippen molar-refractivity contribution in [2.45, 2.75) is 38.6 Å². The maximum absolute atomic E-state index is 11.7. The summed E-state index contributed by atoms with van der Waals surface area (Å²) in [7, 11) is 0. The molecule has 1 aromatic carbocycles. The summed E-state index contributed by atoms with van der Waals surface area (Å²) in [5.41, 5.74) is 1.82. The van der Waals surface area contributed by atoms with E-state index in [4.69, 9.17) is 5.11 Å². The molecule has 3 nitrogen and oxygen atoms in total. The molecule has 0 heterocycles. The third-order valence-corrected chi connectivity index (χ3v) is 3.67. The van der Waals surface area contributed by atoms with Crippen LogP contribution in [-0.2, 0) is 0 Å². The summed E-state index contributed by atoms with van der Waals surface area (Å²) in [6, 6.07) is 8.34. The number of hydrogen-bond acceptors (Lipinski definition) is 3. The van der Waals surface area contributed by atoms with Crippen LogP contribution >= 0.6 is 0 Å². The van der Waals surface area contributed by atoms with Crippen molar-refractivity contribution in [3.63, 3.8) is 0 Å². The lowest BCUT2D eigenvalue weighted by molar-refractivity contribution is 0.101. The topological polar surface area (TPSA) is 40.5 Å². The summed E-state index contributed by atoms with van der Waals surface area (Å²) in [5.74, 6) is 0.110.